The van der Waals surface area contributed by atoms with Gasteiger partial charge in [-0.2, -0.15) is 0 Å². The maximum Gasteiger partial charge on any atom is 0.275 e. The lowest BCUT2D eigenvalue weighted by atomic mass is 10.1. The summed E-state index contributed by atoms with van der Waals surface area (Å²) < 4.78 is 5.50. The van der Waals surface area contributed by atoms with Gasteiger partial charge >= 0.3 is 0 Å². The third-order valence-electron chi connectivity index (χ3n) is 4.24. The SMILES string of the molecule is O=C(c1coc(C2CCCN2)n1)N1CCCCCCC1. The highest BCUT2D eigenvalue weighted by atomic mass is 16.3. The van der Waals surface area contributed by atoms with Crippen LogP contribution in [-0.2, 0) is 0 Å². The molecule has 2 fully saturated rings. The lowest BCUT2D eigenvalue weighted by Crippen LogP contribution is -2.34. The van der Waals surface area contributed by atoms with Crippen LogP contribution in [0, 0.1) is 0 Å². The average molecular weight is 277 g/mol. The van der Waals surface area contributed by atoms with E-state index in [-0.39, 0.29) is 11.9 Å². The molecule has 3 heterocycles. The number of hydrogen-bond acceptors (Lipinski definition) is 4. The van der Waals surface area contributed by atoms with Gasteiger partial charge in [-0.1, -0.05) is 19.3 Å². The van der Waals surface area contributed by atoms with Gasteiger partial charge in [0.25, 0.3) is 5.91 Å². The molecule has 1 atom stereocenters. The first-order valence-electron chi connectivity index (χ1n) is 7.83. The van der Waals surface area contributed by atoms with E-state index in [2.05, 4.69) is 10.3 Å². The predicted octanol–water partition coefficient (Wildman–Crippen LogP) is 2.51. The van der Waals surface area contributed by atoms with E-state index in [0.29, 0.717) is 11.6 Å². The highest BCUT2D eigenvalue weighted by molar-refractivity contribution is 5.92. The van der Waals surface area contributed by atoms with E-state index in [1.165, 1.54) is 25.5 Å². The van der Waals surface area contributed by atoms with Crippen LogP contribution in [0.25, 0.3) is 0 Å². The summed E-state index contributed by atoms with van der Waals surface area (Å²) in [5, 5.41) is 3.34. The smallest absolute Gasteiger partial charge is 0.275 e. The summed E-state index contributed by atoms with van der Waals surface area (Å²) in [6.45, 7) is 2.70. The largest absolute Gasteiger partial charge is 0.446 e. The zero-order valence-corrected chi connectivity index (χ0v) is 11.9. The maximum atomic E-state index is 12.5. The van der Waals surface area contributed by atoms with Gasteiger partial charge in [0.1, 0.15) is 6.26 Å². The van der Waals surface area contributed by atoms with Crippen molar-refractivity contribution in [2.45, 2.75) is 51.0 Å². The number of likely N-dealkylation sites (tertiary alicyclic amines) is 1. The molecule has 110 valence electrons. The van der Waals surface area contributed by atoms with Crippen molar-refractivity contribution in [1.82, 2.24) is 15.2 Å². The van der Waals surface area contributed by atoms with Crippen molar-refractivity contribution < 1.29 is 9.21 Å². The molecule has 5 nitrogen and oxygen atoms in total. The van der Waals surface area contributed by atoms with Crippen LogP contribution in [0.3, 0.4) is 0 Å². The number of carbonyl (C=O) groups excluding carboxylic acids is 1. The van der Waals surface area contributed by atoms with Crippen molar-refractivity contribution in [3.8, 4) is 0 Å². The minimum Gasteiger partial charge on any atom is -0.446 e. The molecule has 20 heavy (non-hydrogen) atoms. The van der Waals surface area contributed by atoms with E-state index in [1.54, 1.807) is 0 Å². The monoisotopic (exact) mass is 277 g/mol. The van der Waals surface area contributed by atoms with Gasteiger partial charge in [0.15, 0.2) is 5.69 Å². The highest BCUT2D eigenvalue weighted by Crippen LogP contribution is 2.23. The Labute approximate surface area is 119 Å². The van der Waals surface area contributed by atoms with Gasteiger partial charge in [-0.25, -0.2) is 4.98 Å². The third kappa shape index (κ3) is 3.03. The fraction of sp³-hybridized carbons (Fsp3) is 0.733. The van der Waals surface area contributed by atoms with Crippen molar-refractivity contribution in [2.75, 3.05) is 19.6 Å². The highest BCUT2D eigenvalue weighted by Gasteiger charge is 2.25. The Hall–Kier alpha value is -1.36. The van der Waals surface area contributed by atoms with Crippen LogP contribution >= 0.6 is 0 Å². The Morgan fingerprint density at radius 3 is 2.65 bits per heavy atom. The van der Waals surface area contributed by atoms with Crippen molar-refractivity contribution >= 4 is 5.91 Å². The molecule has 2 saturated heterocycles. The minimum atomic E-state index is 0.0277. The van der Waals surface area contributed by atoms with Gasteiger partial charge in [0.2, 0.25) is 5.89 Å². The van der Waals surface area contributed by atoms with Gasteiger partial charge in [-0.15, -0.1) is 0 Å². The lowest BCUT2D eigenvalue weighted by Gasteiger charge is -2.23. The molecule has 1 amide bonds. The second-order valence-corrected chi connectivity index (χ2v) is 5.78. The summed E-state index contributed by atoms with van der Waals surface area (Å²) in [7, 11) is 0. The van der Waals surface area contributed by atoms with Crippen molar-refractivity contribution in [2.24, 2.45) is 0 Å². The first kappa shape index (κ1) is 13.6. The number of hydrogen-bond donors (Lipinski definition) is 1. The molecule has 0 bridgehead atoms. The number of nitrogens with zero attached hydrogens (tertiary/aromatic N) is 2. The Morgan fingerprint density at radius 2 is 1.95 bits per heavy atom. The zero-order valence-electron chi connectivity index (χ0n) is 11.9. The summed E-state index contributed by atoms with van der Waals surface area (Å²) >= 11 is 0. The molecule has 1 N–H and O–H groups in total. The van der Waals surface area contributed by atoms with Crippen LogP contribution in [-0.4, -0.2) is 35.4 Å². The van der Waals surface area contributed by atoms with Crippen LogP contribution in [0.4, 0.5) is 0 Å². The predicted molar refractivity (Wildman–Crippen MR) is 75.5 cm³/mol. The lowest BCUT2D eigenvalue weighted by molar-refractivity contribution is 0.0736. The number of amides is 1. The van der Waals surface area contributed by atoms with E-state index >= 15 is 0 Å². The molecule has 5 heteroatoms. The quantitative estimate of drug-likeness (QED) is 0.902. The van der Waals surface area contributed by atoms with Gasteiger partial charge in [0.05, 0.1) is 6.04 Å². The third-order valence-corrected chi connectivity index (χ3v) is 4.24. The van der Waals surface area contributed by atoms with Crippen LogP contribution in [0.1, 0.15) is 67.4 Å². The van der Waals surface area contributed by atoms with Gasteiger partial charge in [0, 0.05) is 13.1 Å². The Bertz CT molecular complexity index is 444. The summed E-state index contributed by atoms with van der Waals surface area (Å²) in [5.74, 6) is 0.692. The van der Waals surface area contributed by atoms with E-state index in [0.717, 1.165) is 45.3 Å². The Morgan fingerprint density at radius 1 is 1.20 bits per heavy atom. The molecule has 1 aromatic heterocycles. The molecule has 2 aliphatic heterocycles. The second-order valence-electron chi connectivity index (χ2n) is 5.78. The zero-order chi connectivity index (χ0) is 13.8. The van der Waals surface area contributed by atoms with Crippen molar-refractivity contribution in [1.29, 1.82) is 0 Å². The fourth-order valence-corrected chi connectivity index (χ4v) is 3.05. The molecule has 0 aliphatic carbocycles. The van der Waals surface area contributed by atoms with Crippen molar-refractivity contribution in [3.63, 3.8) is 0 Å². The molecule has 2 aliphatic rings. The molecule has 1 unspecified atom stereocenters. The van der Waals surface area contributed by atoms with Crippen LogP contribution in [0.15, 0.2) is 10.7 Å². The topological polar surface area (TPSA) is 58.4 Å². The number of nitrogens with one attached hydrogen (secondary N) is 1. The number of aromatic nitrogens is 1. The minimum absolute atomic E-state index is 0.0277. The normalized spacial score (nSPS) is 24.4. The van der Waals surface area contributed by atoms with E-state index in [4.69, 9.17) is 4.42 Å². The molecule has 0 saturated carbocycles. The van der Waals surface area contributed by atoms with E-state index < -0.39 is 0 Å². The second kappa shape index (κ2) is 6.39. The molecule has 0 radical (unpaired) electrons. The first-order valence-corrected chi connectivity index (χ1v) is 7.83. The standard InChI is InChI=1S/C15H23N3O2/c19-15(18-9-4-2-1-3-5-10-18)13-11-20-14(17-13)12-7-6-8-16-12/h11-12,16H,1-10H2. The summed E-state index contributed by atoms with van der Waals surface area (Å²) in [5.41, 5.74) is 0.467. The number of carbonyl (C=O) groups is 1. The number of rotatable bonds is 2. The Kier molecular flexibility index (Phi) is 4.35. The molecular formula is C15H23N3O2. The van der Waals surface area contributed by atoms with Crippen molar-refractivity contribution in [3.05, 3.63) is 17.8 Å². The van der Waals surface area contributed by atoms with Gasteiger partial charge < -0.3 is 14.6 Å². The molecule has 0 aromatic carbocycles. The van der Waals surface area contributed by atoms with Gasteiger partial charge in [-0.05, 0) is 32.2 Å². The molecule has 1 aromatic rings. The molecule has 3 rings (SSSR count). The summed E-state index contributed by atoms with van der Waals surface area (Å²) in [4.78, 5) is 18.8. The molecular weight excluding hydrogens is 254 g/mol. The van der Waals surface area contributed by atoms with Crippen LogP contribution in [0.2, 0.25) is 0 Å². The van der Waals surface area contributed by atoms with Gasteiger partial charge in [-0.3, -0.25) is 4.79 Å². The number of oxazole rings is 1. The average Bonchev–Trinajstić information content (AvgIpc) is 3.09. The van der Waals surface area contributed by atoms with Crippen LogP contribution < -0.4 is 5.32 Å². The first-order chi connectivity index (χ1) is 9.84. The summed E-state index contributed by atoms with van der Waals surface area (Å²) in [6.07, 6.45) is 9.64. The Balaban J connectivity index is 1.66. The van der Waals surface area contributed by atoms with Crippen LogP contribution in [0.5, 0.6) is 0 Å². The molecule has 0 spiro atoms. The summed E-state index contributed by atoms with van der Waals surface area (Å²) in [6, 6.07) is 0.184. The van der Waals surface area contributed by atoms with E-state index in [9.17, 15) is 4.79 Å². The fourth-order valence-electron chi connectivity index (χ4n) is 3.05. The maximum absolute atomic E-state index is 12.5. The van der Waals surface area contributed by atoms with E-state index in [1.807, 2.05) is 4.90 Å².